The number of rotatable bonds is 4. The minimum atomic E-state index is -3.07. The number of oxazole rings is 1. The van der Waals surface area contributed by atoms with E-state index in [0.29, 0.717) is 6.42 Å². The van der Waals surface area contributed by atoms with Gasteiger partial charge < -0.3 is 14.3 Å². The summed E-state index contributed by atoms with van der Waals surface area (Å²) in [5, 5.41) is 8.93. The van der Waals surface area contributed by atoms with Crippen molar-refractivity contribution in [3.8, 4) is 5.95 Å². The lowest BCUT2D eigenvalue weighted by Gasteiger charge is -2.00. The van der Waals surface area contributed by atoms with E-state index in [1.54, 1.807) is 6.92 Å². The monoisotopic (exact) mass is 275 g/mol. The molecule has 1 N–H and O–H groups in total. The molecular formula is C10H13NO6S. The first kappa shape index (κ1) is 12.9. The Morgan fingerprint density at radius 3 is 2.83 bits per heavy atom. The summed E-state index contributed by atoms with van der Waals surface area (Å²) in [7, 11) is -3.07. The van der Waals surface area contributed by atoms with Gasteiger partial charge in [-0.3, -0.25) is 0 Å². The van der Waals surface area contributed by atoms with Crippen LogP contribution in [-0.2, 0) is 9.84 Å². The lowest BCUT2D eigenvalue weighted by atomic mass is 10.1. The predicted molar refractivity (Wildman–Crippen MR) is 60.6 cm³/mol. The predicted octanol–water partition coefficient (Wildman–Crippen LogP) is 0.674. The van der Waals surface area contributed by atoms with Crippen LogP contribution in [0.3, 0.4) is 0 Å². The first-order valence-electron chi connectivity index (χ1n) is 5.50. The second kappa shape index (κ2) is 4.60. The summed E-state index contributed by atoms with van der Waals surface area (Å²) in [6.07, 6.45) is 0.396. The smallest absolute Gasteiger partial charge is 0.362 e. The summed E-state index contributed by atoms with van der Waals surface area (Å²) in [5.41, 5.74) is -0.309. The highest BCUT2D eigenvalue weighted by Crippen LogP contribution is 2.32. The highest BCUT2D eigenvalue weighted by Gasteiger charge is 2.34. The summed E-state index contributed by atoms with van der Waals surface area (Å²) in [4.78, 5) is 14.8. The number of carboxylic acids is 1. The molecule has 1 saturated heterocycles. The number of aromatic carboxylic acids is 1. The molecule has 0 amide bonds. The number of sulfone groups is 1. The van der Waals surface area contributed by atoms with Crippen LogP contribution in [0.4, 0.5) is 0 Å². The van der Waals surface area contributed by atoms with Crippen molar-refractivity contribution in [2.75, 3.05) is 18.1 Å². The van der Waals surface area contributed by atoms with Gasteiger partial charge in [0.25, 0.3) is 0 Å². The van der Waals surface area contributed by atoms with Gasteiger partial charge >= 0.3 is 11.9 Å². The summed E-state index contributed by atoms with van der Waals surface area (Å²) in [6, 6.07) is 0. The van der Waals surface area contributed by atoms with Gasteiger partial charge in [0, 0.05) is 0 Å². The highest BCUT2D eigenvalue weighted by atomic mass is 32.2. The molecule has 2 rings (SSSR count). The number of aromatic nitrogens is 1. The average molecular weight is 275 g/mol. The summed E-state index contributed by atoms with van der Waals surface area (Å²) in [5.74, 6) is -1.66. The number of carboxylic acid groups (broad SMARTS) is 1. The van der Waals surface area contributed by atoms with Gasteiger partial charge in [-0.15, -0.1) is 0 Å². The summed E-state index contributed by atoms with van der Waals surface area (Å²) in [6.45, 7) is 1.94. The fourth-order valence-corrected chi connectivity index (χ4v) is 3.58. The van der Waals surface area contributed by atoms with Crippen molar-refractivity contribution in [1.29, 1.82) is 0 Å². The first-order valence-corrected chi connectivity index (χ1v) is 7.32. The Kier molecular flexibility index (Phi) is 3.29. The Morgan fingerprint density at radius 1 is 1.61 bits per heavy atom. The number of hydrogen-bond donors (Lipinski definition) is 1. The standard InChI is InChI=1S/C10H13NO6S/c1-2-16-10-7(9(12)13)11-8(17-10)6-3-4-18(14,15)5-6/h6H,2-5H2,1H3,(H,12,13). The van der Waals surface area contributed by atoms with Crippen LogP contribution in [-0.4, -0.2) is 42.6 Å². The van der Waals surface area contributed by atoms with Gasteiger partial charge in [0.15, 0.2) is 9.84 Å². The van der Waals surface area contributed by atoms with Gasteiger partial charge in [0.2, 0.25) is 11.6 Å². The van der Waals surface area contributed by atoms with Crippen LogP contribution in [0.2, 0.25) is 0 Å². The molecule has 1 aromatic rings. The maximum Gasteiger partial charge on any atom is 0.362 e. The largest absolute Gasteiger partial charge is 0.476 e. The molecule has 0 spiro atoms. The molecule has 1 unspecified atom stereocenters. The van der Waals surface area contributed by atoms with E-state index in [9.17, 15) is 13.2 Å². The molecule has 8 heteroatoms. The Bertz CT molecular complexity index is 561. The van der Waals surface area contributed by atoms with Gasteiger partial charge in [-0.25, -0.2) is 18.2 Å². The van der Waals surface area contributed by atoms with Crippen LogP contribution in [0.15, 0.2) is 4.42 Å². The fourth-order valence-electron chi connectivity index (χ4n) is 1.85. The fraction of sp³-hybridized carbons (Fsp3) is 0.600. The Labute approximate surface area is 104 Å². The van der Waals surface area contributed by atoms with Gasteiger partial charge in [-0.05, 0) is 13.3 Å². The molecular weight excluding hydrogens is 262 g/mol. The molecule has 1 atom stereocenters. The minimum Gasteiger partial charge on any atom is -0.476 e. The van der Waals surface area contributed by atoms with Crippen molar-refractivity contribution in [3.05, 3.63) is 11.6 Å². The van der Waals surface area contributed by atoms with E-state index in [1.807, 2.05) is 0 Å². The average Bonchev–Trinajstić information content (AvgIpc) is 2.82. The van der Waals surface area contributed by atoms with E-state index in [-0.39, 0.29) is 41.6 Å². The lowest BCUT2D eigenvalue weighted by Crippen LogP contribution is -2.05. The number of hydrogen-bond acceptors (Lipinski definition) is 6. The summed E-state index contributed by atoms with van der Waals surface area (Å²) < 4.78 is 32.9. The lowest BCUT2D eigenvalue weighted by molar-refractivity contribution is 0.0683. The number of ether oxygens (including phenoxy) is 1. The van der Waals surface area contributed by atoms with E-state index in [0.717, 1.165) is 0 Å². The quantitative estimate of drug-likeness (QED) is 0.860. The van der Waals surface area contributed by atoms with Crippen LogP contribution in [0.5, 0.6) is 5.95 Å². The molecule has 1 aromatic heterocycles. The third kappa shape index (κ3) is 2.47. The van der Waals surface area contributed by atoms with E-state index in [2.05, 4.69) is 4.98 Å². The first-order chi connectivity index (χ1) is 8.43. The SMILES string of the molecule is CCOc1oc(C2CCS(=O)(=O)C2)nc1C(=O)O. The van der Waals surface area contributed by atoms with Crippen molar-refractivity contribution >= 4 is 15.8 Å². The van der Waals surface area contributed by atoms with Gasteiger partial charge in [-0.2, -0.15) is 0 Å². The molecule has 0 aromatic carbocycles. The highest BCUT2D eigenvalue weighted by molar-refractivity contribution is 7.91. The van der Waals surface area contributed by atoms with Crippen LogP contribution in [0, 0.1) is 0 Å². The molecule has 18 heavy (non-hydrogen) atoms. The van der Waals surface area contributed by atoms with Gasteiger partial charge in [0.05, 0.1) is 24.0 Å². The zero-order valence-electron chi connectivity index (χ0n) is 9.75. The second-order valence-electron chi connectivity index (χ2n) is 4.03. The Hall–Kier alpha value is -1.57. The van der Waals surface area contributed by atoms with Crippen molar-refractivity contribution in [2.45, 2.75) is 19.3 Å². The molecule has 1 aliphatic rings. The van der Waals surface area contributed by atoms with Crippen molar-refractivity contribution < 1.29 is 27.5 Å². The molecule has 0 radical (unpaired) electrons. The van der Waals surface area contributed by atoms with E-state index in [1.165, 1.54) is 0 Å². The maximum atomic E-state index is 11.3. The van der Waals surface area contributed by atoms with Crippen molar-refractivity contribution in [2.24, 2.45) is 0 Å². The number of carbonyl (C=O) groups is 1. The van der Waals surface area contributed by atoms with E-state index < -0.39 is 15.8 Å². The van der Waals surface area contributed by atoms with Crippen molar-refractivity contribution in [3.63, 3.8) is 0 Å². The van der Waals surface area contributed by atoms with Gasteiger partial charge in [-0.1, -0.05) is 0 Å². The number of nitrogens with zero attached hydrogens (tertiary/aromatic N) is 1. The summed E-state index contributed by atoms with van der Waals surface area (Å²) >= 11 is 0. The zero-order valence-corrected chi connectivity index (χ0v) is 10.6. The molecule has 2 heterocycles. The molecule has 1 aliphatic heterocycles. The topological polar surface area (TPSA) is 107 Å². The molecule has 0 saturated carbocycles. The zero-order chi connectivity index (χ0) is 13.3. The van der Waals surface area contributed by atoms with E-state index in [4.69, 9.17) is 14.3 Å². The van der Waals surface area contributed by atoms with E-state index >= 15 is 0 Å². The van der Waals surface area contributed by atoms with Crippen LogP contribution < -0.4 is 4.74 Å². The van der Waals surface area contributed by atoms with Crippen LogP contribution in [0.1, 0.15) is 35.6 Å². The molecule has 0 bridgehead atoms. The van der Waals surface area contributed by atoms with Crippen LogP contribution >= 0.6 is 0 Å². The van der Waals surface area contributed by atoms with Crippen molar-refractivity contribution in [1.82, 2.24) is 4.98 Å². The van der Waals surface area contributed by atoms with Gasteiger partial charge in [0.1, 0.15) is 0 Å². The normalized spacial score (nSPS) is 21.9. The third-order valence-electron chi connectivity index (χ3n) is 2.67. The third-order valence-corrected chi connectivity index (χ3v) is 4.44. The molecule has 1 fully saturated rings. The second-order valence-corrected chi connectivity index (χ2v) is 6.26. The molecule has 7 nitrogen and oxygen atoms in total. The molecule has 100 valence electrons. The maximum absolute atomic E-state index is 11.3. The Balaban J connectivity index is 2.30. The molecule has 0 aliphatic carbocycles. The van der Waals surface area contributed by atoms with Crippen LogP contribution in [0.25, 0.3) is 0 Å². The Morgan fingerprint density at radius 2 is 2.33 bits per heavy atom. The minimum absolute atomic E-state index is 0.0574.